The Morgan fingerprint density at radius 3 is 1.65 bits per heavy atom. The Morgan fingerprint density at radius 2 is 1.25 bits per heavy atom. The quantitative estimate of drug-likeness (QED) is 0.363. The lowest BCUT2D eigenvalue weighted by Crippen LogP contribution is -2.08. The molecular formula is C17H19Br2Cl. The molecule has 0 aromatic heterocycles. The monoisotopic (exact) mass is 416 g/mol. The van der Waals surface area contributed by atoms with Gasteiger partial charge >= 0.3 is 0 Å². The summed E-state index contributed by atoms with van der Waals surface area (Å²) in [5, 5.41) is 0.786. The highest BCUT2D eigenvalue weighted by atomic mass is 79.9. The van der Waals surface area contributed by atoms with E-state index in [0.29, 0.717) is 0 Å². The molecule has 0 heterocycles. The highest BCUT2D eigenvalue weighted by Gasteiger charge is 2.75. The molecule has 0 N–H and O–H groups in total. The maximum atomic E-state index is 6.02. The van der Waals surface area contributed by atoms with Gasteiger partial charge in [-0.15, -0.1) is 0 Å². The molecule has 0 radical (unpaired) electrons. The topological polar surface area (TPSA) is 0 Å². The van der Waals surface area contributed by atoms with Gasteiger partial charge in [-0.1, -0.05) is 88.9 Å². The number of hydrogen-bond acceptors (Lipinski definition) is 0. The van der Waals surface area contributed by atoms with E-state index < -0.39 is 0 Å². The second-order valence-electron chi connectivity index (χ2n) is 7.21. The first-order valence-electron chi connectivity index (χ1n) is 6.89. The molecule has 0 bridgehead atoms. The van der Waals surface area contributed by atoms with Gasteiger partial charge in [-0.2, -0.15) is 0 Å². The smallest absolute Gasteiger partial charge is 0.0843 e. The van der Waals surface area contributed by atoms with Gasteiger partial charge < -0.3 is 0 Å². The number of halogens is 3. The number of allylic oxidation sites excluding steroid dienone is 2. The summed E-state index contributed by atoms with van der Waals surface area (Å²) in [5.74, 6) is 0. The van der Waals surface area contributed by atoms with E-state index in [2.05, 4.69) is 78.6 Å². The first kappa shape index (κ1) is 15.1. The highest BCUT2D eigenvalue weighted by molar-refractivity contribution is 9.26. The summed E-state index contributed by atoms with van der Waals surface area (Å²) in [7, 11) is 0. The molecule has 20 heavy (non-hydrogen) atoms. The van der Waals surface area contributed by atoms with Crippen molar-refractivity contribution in [3.8, 4) is 0 Å². The maximum absolute atomic E-state index is 6.02. The summed E-state index contributed by atoms with van der Waals surface area (Å²) in [6, 6.07) is 8.22. The third-order valence-electron chi connectivity index (χ3n) is 5.80. The van der Waals surface area contributed by atoms with Gasteiger partial charge in [0.2, 0.25) is 0 Å². The van der Waals surface area contributed by atoms with Gasteiger partial charge in [0.1, 0.15) is 3.23 Å². The van der Waals surface area contributed by atoms with Crippen LogP contribution in [0.15, 0.2) is 35.4 Å². The first-order valence-corrected chi connectivity index (χ1v) is 8.85. The van der Waals surface area contributed by atoms with Gasteiger partial charge in [0, 0.05) is 10.4 Å². The molecule has 1 aromatic carbocycles. The number of hydrogen-bond donors (Lipinski definition) is 0. The lowest BCUT2D eigenvalue weighted by Gasteiger charge is -2.11. The van der Waals surface area contributed by atoms with Crippen molar-refractivity contribution in [2.24, 2.45) is 10.8 Å². The number of rotatable bonds is 1. The van der Waals surface area contributed by atoms with E-state index in [1.165, 1.54) is 11.1 Å². The average Bonchev–Trinajstić information content (AvgIpc) is 2.93. The standard InChI is InChI=1S/C17H19Br2Cl/c1-14(2)12(15(14,3)4)13-16(5,17(13,18)19)10-6-8-11(20)9-7-10/h6-9H,1-5H3. The van der Waals surface area contributed by atoms with Crippen molar-refractivity contribution in [2.45, 2.75) is 43.3 Å². The van der Waals surface area contributed by atoms with Crippen molar-refractivity contribution in [2.75, 3.05) is 0 Å². The minimum absolute atomic E-state index is 0.00202. The van der Waals surface area contributed by atoms with E-state index in [-0.39, 0.29) is 19.5 Å². The SMILES string of the molecule is CC1(C)C(=C2C(Br)(Br)C2(C)c2ccc(Cl)cc2)C1(C)C. The van der Waals surface area contributed by atoms with E-state index >= 15 is 0 Å². The Bertz CT molecular complexity index is 607. The normalized spacial score (nSPS) is 32.2. The molecule has 3 rings (SSSR count). The molecule has 2 fully saturated rings. The van der Waals surface area contributed by atoms with Crippen molar-refractivity contribution in [1.29, 1.82) is 0 Å². The summed E-state index contributed by atoms with van der Waals surface area (Å²) >= 11 is 13.8. The molecule has 0 amide bonds. The zero-order valence-corrected chi connectivity index (χ0v) is 16.4. The summed E-state index contributed by atoms with van der Waals surface area (Å²) < 4.78 is -0.124. The molecule has 1 atom stereocenters. The molecule has 2 aliphatic rings. The molecule has 0 spiro atoms. The van der Waals surface area contributed by atoms with Gasteiger partial charge in [0.15, 0.2) is 0 Å². The van der Waals surface area contributed by atoms with Crippen LogP contribution in [-0.2, 0) is 5.41 Å². The fraction of sp³-hybridized carbons (Fsp3) is 0.529. The second kappa shape index (κ2) is 3.94. The predicted molar refractivity (Wildman–Crippen MR) is 94.0 cm³/mol. The van der Waals surface area contributed by atoms with Gasteiger partial charge in [-0.3, -0.25) is 0 Å². The third-order valence-corrected chi connectivity index (χ3v) is 8.43. The van der Waals surface area contributed by atoms with Crippen LogP contribution >= 0.6 is 43.5 Å². The van der Waals surface area contributed by atoms with E-state index in [4.69, 9.17) is 11.6 Å². The largest absolute Gasteiger partial charge is 0.116 e. The fourth-order valence-electron chi connectivity index (χ4n) is 3.63. The molecule has 108 valence electrons. The first-order chi connectivity index (χ1) is 8.99. The summed E-state index contributed by atoms with van der Waals surface area (Å²) in [4.78, 5) is 0. The molecule has 0 nitrogen and oxygen atoms in total. The van der Waals surface area contributed by atoms with Gasteiger partial charge in [0.25, 0.3) is 0 Å². The van der Waals surface area contributed by atoms with Crippen LogP contribution in [0.5, 0.6) is 0 Å². The van der Waals surface area contributed by atoms with Crippen LogP contribution in [0.2, 0.25) is 5.02 Å². The summed E-state index contributed by atoms with van der Waals surface area (Å²) in [6.45, 7) is 11.7. The molecule has 2 saturated carbocycles. The van der Waals surface area contributed by atoms with E-state index in [0.717, 1.165) is 5.02 Å². The van der Waals surface area contributed by atoms with E-state index in [1.807, 2.05) is 12.1 Å². The Hall–Kier alpha value is 0.210. The van der Waals surface area contributed by atoms with Crippen molar-refractivity contribution in [3.63, 3.8) is 0 Å². The molecule has 0 aliphatic heterocycles. The van der Waals surface area contributed by atoms with Crippen LogP contribution in [0.1, 0.15) is 40.2 Å². The second-order valence-corrected chi connectivity index (χ2v) is 11.1. The van der Waals surface area contributed by atoms with Crippen LogP contribution in [-0.4, -0.2) is 3.23 Å². The average molecular weight is 419 g/mol. The lowest BCUT2D eigenvalue weighted by atomic mass is 9.96. The van der Waals surface area contributed by atoms with Crippen molar-refractivity contribution < 1.29 is 0 Å². The van der Waals surface area contributed by atoms with Crippen molar-refractivity contribution >= 4 is 43.5 Å². The Morgan fingerprint density at radius 1 is 0.800 bits per heavy atom. The van der Waals surface area contributed by atoms with Crippen molar-refractivity contribution in [1.82, 2.24) is 0 Å². The van der Waals surface area contributed by atoms with Gasteiger partial charge in [-0.25, -0.2) is 0 Å². The molecule has 0 saturated heterocycles. The van der Waals surface area contributed by atoms with E-state index in [1.54, 1.807) is 5.57 Å². The number of alkyl halides is 2. The lowest BCUT2D eigenvalue weighted by molar-refractivity contribution is 0.457. The number of benzene rings is 1. The third kappa shape index (κ3) is 1.59. The predicted octanol–water partition coefficient (Wildman–Crippen LogP) is 6.46. The van der Waals surface area contributed by atoms with E-state index in [9.17, 15) is 0 Å². The van der Waals surface area contributed by atoms with Crippen LogP contribution in [0.25, 0.3) is 0 Å². The van der Waals surface area contributed by atoms with Gasteiger partial charge in [0.05, 0.1) is 0 Å². The van der Waals surface area contributed by atoms with Gasteiger partial charge in [-0.05, 0) is 41.0 Å². The zero-order chi connectivity index (χ0) is 15.1. The molecular weight excluding hydrogens is 399 g/mol. The summed E-state index contributed by atoms with van der Waals surface area (Å²) in [5.41, 5.74) is 4.92. The molecule has 2 aliphatic carbocycles. The Balaban J connectivity index is 2.14. The molecule has 1 aromatic rings. The molecule has 1 unspecified atom stereocenters. The molecule has 3 heteroatoms. The minimum atomic E-state index is -0.124. The Kier molecular flexibility index (Phi) is 2.98. The summed E-state index contributed by atoms with van der Waals surface area (Å²) in [6.07, 6.45) is 0. The maximum Gasteiger partial charge on any atom is 0.116 e. The van der Waals surface area contributed by atoms with Crippen LogP contribution in [0, 0.1) is 10.8 Å². The highest BCUT2D eigenvalue weighted by Crippen LogP contribution is 2.81. The van der Waals surface area contributed by atoms with Crippen molar-refractivity contribution in [3.05, 3.63) is 46.0 Å². The zero-order valence-electron chi connectivity index (χ0n) is 12.4. The minimum Gasteiger partial charge on any atom is -0.0843 e. The van der Waals surface area contributed by atoms with Crippen LogP contribution in [0.3, 0.4) is 0 Å². The van der Waals surface area contributed by atoms with Crippen LogP contribution < -0.4 is 0 Å². The fourth-order valence-corrected chi connectivity index (χ4v) is 5.60. The Labute approximate surface area is 143 Å². The van der Waals surface area contributed by atoms with Crippen LogP contribution in [0.4, 0.5) is 0 Å².